The van der Waals surface area contributed by atoms with Crippen LogP contribution in [0.25, 0.3) is 11.0 Å². The number of pyridine rings is 1. The number of para-hydroxylation sites is 1. The Labute approximate surface area is 268 Å². The van der Waals surface area contributed by atoms with Crippen molar-refractivity contribution in [2.24, 2.45) is 0 Å². The number of carbonyl (C=O) groups is 1. The third-order valence-electron chi connectivity index (χ3n) is 7.53. The van der Waals surface area contributed by atoms with Crippen LogP contribution in [0.1, 0.15) is 39.2 Å². The largest absolute Gasteiger partial charge is 0.497 e. The second-order valence-electron chi connectivity index (χ2n) is 12.3. The Kier molecular flexibility index (Phi) is 8.96. The van der Waals surface area contributed by atoms with E-state index in [4.69, 9.17) is 29.0 Å². The van der Waals surface area contributed by atoms with E-state index in [0.29, 0.717) is 48.3 Å². The van der Waals surface area contributed by atoms with Crippen molar-refractivity contribution in [1.82, 2.24) is 19.7 Å². The van der Waals surface area contributed by atoms with Gasteiger partial charge < -0.3 is 29.2 Å². The van der Waals surface area contributed by atoms with Crippen LogP contribution >= 0.6 is 0 Å². The number of rotatable bonds is 9. The summed E-state index contributed by atoms with van der Waals surface area (Å²) in [6.07, 6.45) is 3.15. The van der Waals surface area contributed by atoms with Gasteiger partial charge in [-0.05, 0) is 87.7 Å². The molecule has 1 aliphatic heterocycles. The van der Waals surface area contributed by atoms with Gasteiger partial charge in [-0.1, -0.05) is 30.3 Å². The average molecular weight is 622 g/mol. The van der Waals surface area contributed by atoms with Crippen LogP contribution in [-0.2, 0) is 11.3 Å². The zero-order valence-corrected chi connectivity index (χ0v) is 26.6. The number of benzene rings is 3. The smallest absolute Gasteiger partial charge is 0.410 e. The zero-order chi connectivity index (χ0) is 32.1. The molecule has 0 unspecified atom stereocenters. The van der Waals surface area contributed by atoms with E-state index in [-0.39, 0.29) is 12.1 Å². The molecule has 3 aromatic carbocycles. The quantitative estimate of drug-likeness (QED) is 0.177. The SMILES string of the molecule is COc1ccc(Cn2nc(N[C@@H]3CCCN(C(=O)OC(C)(C)C)C3)c3c(Oc4ccc(Oc5ccccc5)cc4)ccnc32)cc1. The molecule has 10 nitrogen and oxygen atoms in total. The molecular weight excluding hydrogens is 582 g/mol. The van der Waals surface area contributed by atoms with E-state index in [2.05, 4.69) is 5.32 Å². The van der Waals surface area contributed by atoms with Crippen LogP contribution in [0.3, 0.4) is 0 Å². The molecule has 0 radical (unpaired) electrons. The lowest BCUT2D eigenvalue weighted by atomic mass is 10.1. The predicted molar refractivity (Wildman–Crippen MR) is 177 cm³/mol. The lowest BCUT2D eigenvalue weighted by Crippen LogP contribution is -2.47. The molecule has 46 heavy (non-hydrogen) atoms. The monoisotopic (exact) mass is 621 g/mol. The number of ether oxygens (including phenoxy) is 4. The molecule has 1 amide bonds. The first-order valence-corrected chi connectivity index (χ1v) is 15.5. The molecule has 5 aromatic rings. The van der Waals surface area contributed by atoms with Gasteiger partial charge in [0.25, 0.3) is 0 Å². The Hall–Kier alpha value is -5.25. The highest BCUT2D eigenvalue weighted by atomic mass is 16.6. The van der Waals surface area contributed by atoms with Crippen LogP contribution in [0, 0.1) is 0 Å². The van der Waals surface area contributed by atoms with Gasteiger partial charge in [-0.2, -0.15) is 5.10 Å². The fraction of sp³-hybridized carbons (Fsp3) is 0.306. The van der Waals surface area contributed by atoms with Crippen molar-refractivity contribution in [3.8, 4) is 28.7 Å². The van der Waals surface area contributed by atoms with E-state index < -0.39 is 5.60 Å². The standard InChI is InChI=1S/C36H39N5O5/c1-36(2,3)46-35(42)40-22-8-9-26(24-40)38-33-32-31(45-30-18-16-29(17-19-30)44-28-10-6-5-7-11-28)20-21-37-34(32)41(39-33)23-25-12-14-27(43-4)15-13-25/h5-7,10-21,26H,8-9,22-24H2,1-4H3,(H,38,39)/t26-/m1/s1. The molecule has 10 heteroatoms. The predicted octanol–water partition coefficient (Wildman–Crippen LogP) is 7.88. The Balaban J connectivity index is 1.28. The minimum absolute atomic E-state index is 0.0312. The maximum absolute atomic E-state index is 12.9. The Bertz CT molecular complexity index is 1770. The summed E-state index contributed by atoms with van der Waals surface area (Å²) < 4.78 is 25.3. The number of nitrogens with zero attached hydrogens (tertiary/aromatic N) is 4. The van der Waals surface area contributed by atoms with Gasteiger partial charge in [-0.25, -0.2) is 14.5 Å². The van der Waals surface area contributed by atoms with Crippen LogP contribution in [0.2, 0.25) is 0 Å². The first kappa shape index (κ1) is 30.8. The molecule has 238 valence electrons. The van der Waals surface area contributed by atoms with Crippen molar-refractivity contribution in [2.45, 2.75) is 51.8 Å². The number of aromatic nitrogens is 3. The number of piperidine rings is 1. The number of nitrogens with one attached hydrogen (secondary N) is 1. The maximum atomic E-state index is 12.9. The normalized spacial score (nSPS) is 15.0. The van der Waals surface area contributed by atoms with Gasteiger partial charge >= 0.3 is 6.09 Å². The van der Waals surface area contributed by atoms with E-state index in [1.807, 2.05) is 110 Å². The number of hydrogen-bond donors (Lipinski definition) is 1. The van der Waals surface area contributed by atoms with Crippen LogP contribution in [0.5, 0.6) is 28.7 Å². The summed E-state index contributed by atoms with van der Waals surface area (Å²) in [6, 6.07) is 26.8. The van der Waals surface area contributed by atoms with Gasteiger partial charge in [0.05, 0.1) is 13.7 Å². The van der Waals surface area contributed by atoms with E-state index in [1.54, 1.807) is 18.2 Å². The van der Waals surface area contributed by atoms with E-state index in [0.717, 1.165) is 35.3 Å². The van der Waals surface area contributed by atoms with E-state index in [9.17, 15) is 4.79 Å². The fourth-order valence-corrected chi connectivity index (χ4v) is 5.38. The van der Waals surface area contributed by atoms with E-state index in [1.165, 1.54) is 0 Å². The number of anilines is 1. The molecular formula is C36H39N5O5. The summed E-state index contributed by atoms with van der Waals surface area (Å²) in [5.74, 6) is 4.17. The number of fused-ring (bicyclic) bond motifs is 1. The molecule has 1 fully saturated rings. The molecule has 0 saturated carbocycles. The second-order valence-corrected chi connectivity index (χ2v) is 12.3. The minimum Gasteiger partial charge on any atom is -0.497 e. The highest BCUT2D eigenvalue weighted by Crippen LogP contribution is 2.36. The van der Waals surface area contributed by atoms with Crippen molar-refractivity contribution < 1.29 is 23.7 Å². The summed E-state index contributed by atoms with van der Waals surface area (Å²) in [6.45, 7) is 7.29. The zero-order valence-electron chi connectivity index (χ0n) is 26.6. The van der Waals surface area contributed by atoms with Crippen molar-refractivity contribution in [1.29, 1.82) is 0 Å². The van der Waals surface area contributed by atoms with Gasteiger partial charge in [-0.15, -0.1) is 0 Å². The first-order valence-electron chi connectivity index (χ1n) is 15.5. The average Bonchev–Trinajstić information content (AvgIpc) is 3.39. The van der Waals surface area contributed by atoms with Gasteiger partial charge in [0.15, 0.2) is 11.5 Å². The molecule has 1 N–H and O–H groups in total. The molecule has 1 aliphatic rings. The van der Waals surface area contributed by atoms with Crippen molar-refractivity contribution in [2.75, 3.05) is 25.5 Å². The Morgan fingerprint density at radius 2 is 1.57 bits per heavy atom. The molecule has 0 aliphatic carbocycles. The molecule has 1 saturated heterocycles. The number of hydrogen-bond acceptors (Lipinski definition) is 8. The van der Waals surface area contributed by atoms with Gasteiger partial charge in [0.2, 0.25) is 0 Å². The number of methoxy groups -OCH3 is 1. The van der Waals surface area contributed by atoms with E-state index >= 15 is 0 Å². The Morgan fingerprint density at radius 1 is 0.891 bits per heavy atom. The van der Waals surface area contributed by atoms with Crippen molar-refractivity contribution in [3.05, 3.63) is 96.7 Å². The lowest BCUT2D eigenvalue weighted by Gasteiger charge is -2.34. The summed E-state index contributed by atoms with van der Waals surface area (Å²) in [5.41, 5.74) is 1.17. The maximum Gasteiger partial charge on any atom is 0.410 e. The number of amides is 1. The van der Waals surface area contributed by atoms with Gasteiger partial charge in [0, 0.05) is 31.4 Å². The van der Waals surface area contributed by atoms with Crippen LogP contribution in [0.15, 0.2) is 91.1 Å². The summed E-state index contributed by atoms with van der Waals surface area (Å²) >= 11 is 0. The first-order chi connectivity index (χ1) is 22.2. The highest BCUT2D eigenvalue weighted by molar-refractivity contribution is 5.93. The second kappa shape index (κ2) is 13.4. The molecule has 2 aromatic heterocycles. The van der Waals surface area contributed by atoms with Crippen LogP contribution in [-0.4, -0.2) is 57.6 Å². The van der Waals surface area contributed by atoms with Crippen LogP contribution < -0.4 is 19.5 Å². The molecule has 0 spiro atoms. The molecule has 3 heterocycles. The highest BCUT2D eigenvalue weighted by Gasteiger charge is 2.29. The minimum atomic E-state index is -0.558. The van der Waals surface area contributed by atoms with Gasteiger partial charge in [0.1, 0.15) is 39.7 Å². The summed E-state index contributed by atoms with van der Waals surface area (Å²) in [5, 5.41) is 9.37. The Morgan fingerprint density at radius 3 is 2.26 bits per heavy atom. The topological polar surface area (TPSA) is 100.0 Å². The van der Waals surface area contributed by atoms with Crippen molar-refractivity contribution in [3.63, 3.8) is 0 Å². The van der Waals surface area contributed by atoms with Gasteiger partial charge in [-0.3, -0.25) is 0 Å². The number of likely N-dealkylation sites (tertiary alicyclic amines) is 1. The summed E-state index contributed by atoms with van der Waals surface area (Å²) in [7, 11) is 1.65. The molecule has 6 rings (SSSR count). The summed E-state index contributed by atoms with van der Waals surface area (Å²) in [4.78, 5) is 19.4. The fourth-order valence-electron chi connectivity index (χ4n) is 5.38. The third kappa shape index (κ3) is 7.51. The number of carbonyl (C=O) groups excluding carboxylic acids is 1. The third-order valence-corrected chi connectivity index (χ3v) is 7.53. The van der Waals surface area contributed by atoms with Crippen LogP contribution in [0.4, 0.5) is 10.6 Å². The molecule has 1 atom stereocenters. The van der Waals surface area contributed by atoms with Crippen molar-refractivity contribution >= 4 is 22.9 Å². The lowest BCUT2D eigenvalue weighted by molar-refractivity contribution is 0.0206. The molecule has 0 bridgehead atoms.